The van der Waals surface area contributed by atoms with Crippen LogP contribution in [0.25, 0.3) is 0 Å². The highest BCUT2D eigenvalue weighted by atomic mass is 35.5. The second-order valence-electron chi connectivity index (χ2n) is 6.29. The first-order valence-electron chi connectivity index (χ1n) is 8.44. The van der Waals surface area contributed by atoms with Gasteiger partial charge in [0, 0.05) is 43.0 Å². The van der Waals surface area contributed by atoms with Crippen molar-refractivity contribution in [2.24, 2.45) is 0 Å². The van der Waals surface area contributed by atoms with Crippen LogP contribution in [-0.2, 0) is 4.79 Å². The van der Waals surface area contributed by atoms with Crippen molar-refractivity contribution in [1.82, 2.24) is 4.90 Å². The summed E-state index contributed by atoms with van der Waals surface area (Å²) in [5.41, 5.74) is 0.912. The Labute approximate surface area is 156 Å². The standard InChI is InChI=1S/C19H20ClF2N3O/c1-13(19(26)23-18-12-15(21)5-6-17(18)22)24-7-9-25(10-8-24)16-4-2-3-14(20)11-16/h2-6,11-13H,7-10H2,1H3,(H,23,26)/t13-/m1/s1. The van der Waals surface area contributed by atoms with Gasteiger partial charge in [0.15, 0.2) is 0 Å². The van der Waals surface area contributed by atoms with Gasteiger partial charge in [0.05, 0.1) is 11.7 Å². The molecule has 1 fully saturated rings. The smallest absolute Gasteiger partial charge is 0.241 e. The summed E-state index contributed by atoms with van der Waals surface area (Å²) >= 11 is 6.04. The van der Waals surface area contributed by atoms with Crippen LogP contribution in [-0.4, -0.2) is 43.0 Å². The maximum Gasteiger partial charge on any atom is 0.241 e. The summed E-state index contributed by atoms with van der Waals surface area (Å²) in [6.45, 7) is 4.65. The molecule has 4 nitrogen and oxygen atoms in total. The summed E-state index contributed by atoms with van der Waals surface area (Å²) in [4.78, 5) is 16.6. The lowest BCUT2D eigenvalue weighted by molar-refractivity contribution is -0.120. The molecule has 0 aliphatic carbocycles. The maximum absolute atomic E-state index is 13.7. The van der Waals surface area contributed by atoms with Gasteiger partial charge in [-0.3, -0.25) is 9.69 Å². The summed E-state index contributed by atoms with van der Waals surface area (Å²) in [7, 11) is 0. The quantitative estimate of drug-likeness (QED) is 0.878. The van der Waals surface area contributed by atoms with Gasteiger partial charge in [-0.25, -0.2) is 8.78 Å². The van der Waals surface area contributed by atoms with Gasteiger partial charge in [0.1, 0.15) is 11.6 Å². The molecule has 0 radical (unpaired) electrons. The Bertz CT molecular complexity index is 794. The summed E-state index contributed by atoms with van der Waals surface area (Å²) in [5, 5.41) is 3.16. The maximum atomic E-state index is 13.7. The second-order valence-corrected chi connectivity index (χ2v) is 6.73. The van der Waals surface area contributed by atoms with Crippen molar-refractivity contribution < 1.29 is 13.6 Å². The molecule has 0 saturated carbocycles. The van der Waals surface area contributed by atoms with Gasteiger partial charge in [-0.05, 0) is 37.3 Å². The molecule has 2 aromatic carbocycles. The first-order valence-corrected chi connectivity index (χ1v) is 8.82. The third-order valence-corrected chi connectivity index (χ3v) is 4.84. The Morgan fingerprint density at radius 2 is 1.85 bits per heavy atom. The average Bonchev–Trinajstić information content (AvgIpc) is 2.64. The zero-order valence-electron chi connectivity index (χ0n) is 14.4. The predicted molar refractivity (Wildman–Crippen MR) is 99.7 cm³/mol. The Balaban J connectivity index is 1.58. The molecule has 0 bridgehead atoms. The minimum absolute atomic E-state index is 0.139. The van der Waals surface area contributed by atoms with Crippen molar-refractivity contribution >= 4 is 28.9 Å². The number of nitrogens with one attached hydrogen (secondary N) is 1. The minimum Gasteiger partial charge on any atom is -0.369 e. The van der Waals surface area contributed by atoms with Crippen LogP contribution >= 0.6 is 11.6 Å². The van der Waals surface area contributed by atoms with E-state index in [0.717, 1.165) is 37.0 Å². The molecular formula is C19H20ClF2N3O. The summed E-state index contributed by atoms with van der Waals surface area (Å²) in [5.74, 6) is -1.60. The van der Waals surface area contributed by atoms with Gasteiger partial charge in [0.25, 0.3) is 0 Å². The van der Waals surface area contributed by atoms with Gasteiger partial charge in [-0.15, -0.1) is 0 Å². The molecule has 1 amide bonds. The number of halogens is 3. The van der Waals surface area contributed by atoms with E-state index < -0.39 is 17.7 Å². The molecule has 1 atom stereocenters. The molecule has 2 aromatic rings. The fourth-order valence-electron chi connectivity index (χ4n) is 3.04. The van der Waals surface area contributed by atoms with Gasteiger partial charge >= 0.3 is 0 Å². The number of benzene rings is 2. The van der Waals surface area contributed by atoms with Gasteiger partial charge < -0.3 is 10.2 Å². The van der Waals surface area contributed by atoms with Gasteiger partial charge in [-0.2, -0.15) is 0 Å². The van der Waals surface area contributed by atoms with Crippen LogP contribution in [0.5, 0.6) is 0 Å². The number of carbonyl (C=O) groups excluding carboxylic acids is 1. The molecule has 0 aromatic heterocycles. The molecule has 0 spiro atoms. The Morgan fingerprint density at radius 1 is 1.12 bits per heavy atom. The summed E-state index contributed by atoms with van der Waals surface area (Å²) < 4.78 is 26.9. The third kappa shape index (κ3) is 4.31. The summed E-state index contributed by atoms with van der Waals surface area (Å²) in [6.07, 6.45) is 0. The number of hydrogen-bond acceptors (Lipinski definition) is 3. The first-order chi connectivity index (χ1) is 12.4. The van der Waals surface area contributed by atoms with Crippen molar-refractivity contribution in [3.05, 3.63) is 59.1 Å². The zero-order chi connectivity index (χ0) is 18.7. The molecule has 26 heavy (non-hydrogen) atoms. The van der Waals surface area contributed by atoms with Crippen LogP contribution in [0.15, 0.2) is 42.5 Å². The lowest BCUT2D eigenvalue weighted by Crippen LogP contribution is -2.52. The highest BCUT2D eigenvalue weighted by molar-refractivity contribution is 6.30. The molecular weight excluding hydrogens is 360 g/mol. The number of amides is 1. The predicted octanol–water partition coefficient (Wildman–Crippen LogP) is 3.77. The van der Waals surface area contributed by atoms with Crippen molar-refractivity contribution in [3.63, 3.8) is 0 Å². The number of nitrogens with zero attached hydrogens (tertiary/aromatic N) is 2. The molecule has 1 aliphatic heterocycles. The zero-order valence-corrected chi connectivity index (χ0v) is 15.1. The van der Waals surface area contributed by atoms with E-state index in [0.29, 0.717) is 18.1 Å². The van der Waals surface area contributed by atoms with E-state index in [-0.39, 0.29) is 11.6 Å². The van der Waals surface area contributed by atoms with E-state index in [1.54, 1.807) is 6.92 Å². The van der Waals surface area contributed by atoms with Crippen LogP contribution in [0.3, 0.4) is 0 Å². The highest BCUT2D eigenvalue weighted by Crippen LogP contribution is 2.22. The molecule has 7 heteroatoms. The van der Waals surface area contributed by atoms with Crippen LogP contribution in [0.2, 0.25) is 5.02 Å². The normalized spacial score (nSPS) is 16.4. The SMILES string of the molecule is C[C@H](C(=O)Nc1cc(F)ccc1F)N1CCN(c2cccc(Cl)c2)CC1. The Hall–Kier alpha value is -2.18. The van der Waals surface area contributed by atoms with Crippen LogP contribution in [0.1, 0.15) is 6.92 Å². The second kappa shape index (κ2) is 8.01. The fraction of sp³-hybridized carbons (Fsp3) is 0.316. The number of anilines is 2. The van der Waals surface area contributed by atoms with Crippen molar-refractivity contribution in [2.75, 3.05) is 36.4 Å². The molecule has 1 aliphatic rings. The molecule has 1 heterocycles. The third-order valence-electron chi connectivity index (χ3n) is 4.60. The van der Waals surface area contributed by atoms with E-state index in [2.05, 4.69) is 10.2 Å². The fourth-order valence-corrected chi connectivity index (χ4v) is 3.22. The van der Waals surface area contributed by atoms with Crippen LogP contribution < -0.4 is 10.2 Å². The summed E-state index contributed by atoms with van der Waals surface area (Å²) in [6, 6.07) is 10.2. The molecule has 1 saturated heterocycles. The Morgan fingerprint density at radius 3 is 2.54 bits per heavy atom. The van der Waals surface area contributed by atoms with E-state index >= 15 is 0 Å². The van der Waals surface area contributed by atoms with Crippen LogP contribution in [0.4, 0.5) is 20.2 Å². The largest absolute Gasteiger partial charge is 0.369 e. The number of rotatable bonds is 4. The number of piperazine rings is 1. The van der Waals surface area contributed by atoms with Crippen molar-refractivity contribution in [3.8, 4) is 0 Å². The monoisotopic (exact) mass is 379 g/mol. The molecule has 138 valence electrons. The Kier molecular flexibility index (Phi) is 5.74. The van der Waals surface area contributed by atoms with Crippen molar-refractivity contribution in [2.45, 2.75) is 13.0 Å². The first kappa shape index (κ1) is 18.6. The lowest BCUT2D eigenvalue weighted by Gasteiger charge is -2.38. The molecule has 1 N–H and O–H groups in total. The topological polar surface area (TPSA) is 35.6 Å². The van der Waals surface area contributed by atoms with E-state index in [1.807, 2.05) is 29.2 Å². The average molecular weight is 380 g/mol. The van der Waals surface area contributed by atoms with E-state index in [1.165, 1.54) is 0 Å². The van der Waals surface area contributed by atoms with Crippen LogP contribution in [0, 0.1) is 11.6 Å². The highest BCUT2D eigenvalue weighted by Gasteiger charge is 2.26. The number of hydrogen-bond donors (Lipinski definition) is 1. The molecule has 3 rings (SSSR count). The van der Waals surface area contributed by atoms with Gasteiger partial charge in [0.2, 0.25) is 5.91 Å². The van der Waals surface area contributed by atoms with E-state index in [9.17, 15) is 13.6 Å². The van der Waals surface area contributed by atoms with E-state index in [4.69, 9.17) is 11.6 Å². The van der Waals surface area contributed by atoms with Gasteiger partial charge in [-0.1, -0.05) is 17.7 Å². The van der Waals surface area contributed by atoms with Crippen molar-refractivity contribution in [1.29, 1.82) is 0 Å². The lowest BCUT2D eigenvalue weighted by atomic mass is 10.2. The molecule has 0 unspecified atom stereocenters. The minimum atomic E-state index is -0.655. The number of carbonyl (C=O) groups is 1.